The normalized spacial score (nSPS) is 11.7. The molecule has 0 bridgehead atoms. The average Bonchev–Trinajstić information content (AvgIpc) is 3.37. The fraction of sp³-hybridized carbons (Fsp3) is 0.0952. The van der Waals surface area contributed by atoms with E-state index in [9.17, 15) is 4.79 Å². The highest BCUT2D eigenvalue weighted by Gasteiger charge is 2.14. The number of para-hydroxylation sites is 1. The minimum atomic E-state index is -0.237. The zero-order valence-corrected chi connectivity index (χ0v) is 16.5. The van der Waals surface area contributed by atoms with Crippen LogP contribution in [0.1, 0.15) is 27.0 Å². The summed E-state index contributed by atoms with van der Waals surface area (Å²) in [6, 6.07) is 17.6. The Balaban J connectivity index is 1.73. The number of aryl methyl sites for hydroxylation is 1. The number of hydrazone groups is 1. The van der Waals surface area contributed by atoms with Gasteiger partial charge in [0.25, 0.3) is 5.91 Å². The number of aromatic nitrogens is 1. The molecule has 1 N–H and O–H groups in total. The third-order valence-corrected chi connectivity index (χ3v) is 6.16. The molecule has 0 fully saturated rings. The van der Waals surface area contributed by atoms with Crippen molar-refractivity contribution in [1.29, 1.82) is 0 Å². The van der Waals surface area contributed by atoms with E-state index in [1.165, 1.54) is 4.88 Å². The highest BCUT2D eigenvalue weighted by atomic mass is 32.1. The lowest BCUT2D eigenvalue weighted by molar-refractivity contribution is 0.0956. The van der Waals surface area contributed by atoms with Gasteiger partial charge in [0.1, 0.15) is 0 Å². The summed E-state index contributed by atoms with van der Waals surface area (Å²) in [5.74, 6) is -0.237. The molecule has 0 radical (unpaired) electrons. The van der Waals surface area contributed by atoms with Crippen LogP contribution in [-0.4, -0.2) is 16.6 Å². The number of benzene rings is 1. The van der Waals surface area contributed by atoms with Gasteiger partial charge in [-0.25, -0.2) is 10.4 Å². The number of rotatable bonds is 4. The predicted octanol–water partition coefficient (Wildman–Crippen LogP) is 5.49. The predicted molar refractivity (Wildman–Crippen MR) is 114 cm³/mol. The molecule has 1 aromatic carbocycles. The lowest BCUT2D eigenvalue weighted by Crippen LogP contribution is -2.19. The van der Waals surface area contributed by atoms with E-state index in [1.54, 1.807) is 22.7 Å². The van der Waals surface area contributed by atoms with Crippen molar-refractivity contribution in [3.63, 3.8) is 0 Å². The van der Waals surface area contributed by atoms with Crippen molar-refractivity contribution >= 4 is 45.2 Å². The summed E-state index contributed by atoms with van der Waals surface area (Å²) in [5, 5.41) is 7.07. The van der Waals surface area contributed by atoms with E-state index in [1.807, 2.05) is 60.8 Å². The Morgan fingerprint density at radius 3 is 2.70 bits per heavy atom. The Bertz CT molecular complexity index is 1140. The summed E-state index contributed by atoms with van der Waals surface area (Å²) in [7, 11) is 0. The quantitative estimate of drug-likeness (QED) is 0.369. The lowest BCUT2D eigenvalue weighted by atomic mass is 10.1. The van der Waals surface area contributed by atoms with Crippen molar-refractivity contribution in [1.82, 2.24) is 10.4 Å². The number of fused-ring (bicyclic) bond motifs is 1. The van der Waals surface area contributed by atoms with Gasteiger partial charge >= 0.3 is 0 Å². The molecule has 4 aromatic rings. The first-order valence-corrected chi connectivity index (χ1v) is 10.2. The molecule has 0 unspecified atom stereocenters. The molecule has 1 amide bonds. The summed E-state index contributed by atoms with van der Waals surface area (Å²) in [4.78, 5) is 20.9. The molecule has 0 spiro atoms. The Labute approximate surface area is 165 Å². The molecule has 134 valence electrons. The zero-order chi connectivity index (χ0) is 18.8. The lowest BCUT2D eigenvalue weighted by Gasteiger charge is -2.08. The number of thiophene rings is 2. The highest BCUT2D eigenvalue weighted by Crippen LogP contribution is 2.29. The van der Waals surface area contributed by atoms with Crippen molar-refractivity contribution in [2.45, 2.75) is 13.8 Å². The van der Waals surface area contributed by atoms with Crippen molar-refractivity contribution in [2.24, 2.45) is 5.10 Å². The molecule has 0 aliphatic carbocycles. The van der Waals surface area contributed by atoms with E-state index in [2.05, 4.69) is 23.5 Å². The molecule has 0 aliphatic heterocycles. The minimum absolute atomic E-state index is 0.237. The second-order valence-electron chi connectivity index (χ2n) is 6.10. The number of hydrogen-bond acceptors (Lipinski definition) is 5. The van der Waals surface area contributed by atoms with Gasteiger partial charge in [-0.1, -0.05) is 24.3 Å². The van der Waals surface area contributed by atoms with Gasteiger partial charge in [-0.2, -0.15) is 5.10 Å². The molecule has 3 heterocycles. The number of carbonyl (C=O) groups excluding carboxylic acids is 1. The van der Waals surface area contributed by atoms with Crippen LogP contribution in [0.5, 0.6) is 0 Å². The molecule has 4 rings (SSSR count). The van der Waals surface area contributed by atoms with Gasteiger partial charge in [-0.15, -0.1) is 22.7 Å². The van der Waals surface area contributed by atoms with Crippen LogP contribution in [0.25, 0.3) is 21.5 Å². The Morgan fingerprint density at radius 1 is 1.11 bits per heavy atom. The van der Waals surface area contributed by atoms with Crippen LogP contribution in [0.4, 0.5) is 0 Å². The Kier molecular flexibility index (Phi) is 4.83. The van der Waals surface area contributed by atoms with E-state index in [0.29, 0.717) is 5.56 Å². The van der Waals surface area contributed by atoms with Crippen molar-refractivity contribution in [3.8, 4) is 10.6 Å². The fourth-order valence-corrected chi connectivity index (χ4v) is 4.30. The van der Waals surface area contributed by atoms with Crippen molar-refractivity contribution in [3.05, 3.63) is 75.3 Å². The van der Waals surface area contributed by atoms with Gasteiger partial charge in [-0.3, -0.25) is 4.79 Å². The van der Waals surface area contributed by atoms with E-state index in [4.69, 9.17) is 4.98 Å². The molecular weight excluding hydrogens is 374 g/mol. The van der Waals surface area contributed by atoms with Crippen molar-refractivity contribution < 1.29 is 4.79 Å². The highest BCUT2D eigenvalue weighted by molar-refractivity contribution is 7.15. The number of hydrogen-bond donors (Lipinski definition) is 1. The van der Waals surface area contributed by atoms with Gasteiger partial charge in [0.2, 0.25) is 0 Å². The van der Waals surface area contributed by atoms with E-state index >= 15 is 0 Å². The molecular formula is C21H17N3OS2. The molecule has 0 saturated heterocycles. The van der Waals surface area contributed by atoms with Gasteiger partial charge in [-0.05, 0) is 49.6 Å². The van der Waals surface area contributed by atoms with Crippen LogP contribution < -0.4 is 5.43 Å². The maximum absolute atomic E-state index is 12.9. The smallest absolute Gasteiger partial charge is 0.267 e. The minimum Gasteiger partial charge on any atom is -0.267 e. The van der Waals surface area contributed by atoms with Gasteiger partial charge in [0, 0.05) is 15.1 Å². The fourth-order valence-electron chi connectivity index (χ4n) is 2.80. The average molecular weight is 392 g/mol. The second kappa shape index (κ2) is 7.42. The van der Waals surface area contributed by atoms with Crippen molar-refractivity contribution in [2.75, 3.05) is 0 Å². The Hall–Kier alpha value is -2.83. The summed E-state index contributed by atoms with van der Waals surface area (Å²) in [6.45, 7) is 3.95. The van der Waals surface area contributed by atoms with Crippen LogP contribution in [0, 0.1) is 6.92 Å². The summed E-state index contributed by atoms with van der Waals surface area (Å²) in [6.07, 6.45) is 0. The van der Waals surface area contributed by atoms with Crippen LogP contribution in [0.3, 0.4) is 0 Å². The molecule has 3 aromatic heterocycles. The molecule has 6 heteroatoms. The maximum Gasteiger partial charge on any atom is 0.272 e. The number of amides is 1. The number of carbonyl (C=O) groups is 1. The molecule has 0 saturated carbocycles. The van der Waals surface area contributed by atoms with E-state index in [0.717, 1.165) is 32.1 Å². The van der Waals surface area contributed by atoms with Crippen LogP contribution in [0.2, 0.25) is 0 Å². The van der Waals surface area contributed by atoms with Gasteiger partial charge in [0.15, 0.2) is 0 Å². The van der Waals surface area contributed by atoms with E-state index in [-0.39, 0.29) is 5.91 Å². The number of nitrogens with zero attached hydrogens (tertiary/aromatic N) is 2. The van der Waals surface area contributed by atoms with Crippen LogP contribution >= 0.6 is 22.7 Å². The second-order valence-corrected chi connectivity index (χ2v) is 8.33. The first-order chi connectivity index (χ1) is 13.1. The molecule has 0 aliphatic rings. The summed E-state index contributed by atoms with van der Waals surface area (Å²) in [5.41, 5.74) is 5.65. The third kappa shape index (κ3) is 3.67. The van der Waals surface area contributed by atoms with Crippen LogP contribution in [0.15, 0.2) is 65.1 Å². The first-order valence-electron chi connectivity index (χ1n) is 8.47. The largest absolute Gasteiger partial charge is 0.272 e. The first kappa shape index (κ1) is 17.6. The molecule has 27 heavy (non-hydrogen) atoms. The summed E-state index contributed by atoms with van der Waals surface area (Å²) >= 11 is 3.26. The number of pyridine rings is 1. The molecule has 0 atom stereocenters. The zero-order valence-electron chi connectivity index (χ0n) is 14.9. The monoisotopic (exact) mass is 391 g/mol. The van der Waals surface area contributed by atoms with E-state index < -0.39 is 0 Å². The molecule has 4 nitrogen and oxygen atoms in total. The Morgan fingerprint density at radius 2 is 1.96 bits per heavy atom. The maximum atomic E-state index is 12.9. The van der Waals surface area contributed by atoms with Crippen LogP contribution in [-0.2, 0) is 0 Å². The topological polar surface area (TPSA) is 54.4 Å². The SMILES string of the molecule is C/C(=N/NC(=O)c1cc(-c2ccc(C)s2)nc2ccccc12)c1cccs1. The van der Waals surface area contributed by atoms with Gasteiger partial charge in [0.05, 0.1) is 27.4 Å². The van der Waals surface area contributed by atoms with Gasteiger partial charge < -0.3 is 0 Å². The number of nitrogens with one attached hydrogen (secondary N) is 1. The summed E-state index contributed by atoms with van der Waals surface area (Å²) < 4.78 is 0. The standard InChI is InChI=1S/C21H17N3OS2/c1-13-9-10-20(27-13)18-12-16(15-6-3-4-7-17(15)22-18)21(25)24-23-14(2)19-8-5-11-26-19/h3-12H,1-2H3,(H,24,25)/b23-14-. The third-order valence-electron chi connectivity index (χ3n) is 4.16.